The monoisotopic (exact) mass is 411 g/mol. The highest BCUT2D eigenvalue weighted by Crippen LogP contribution is 2.54. The van der Waals surface area contributed by atoms with E-state index in [-0.39, 0.29) is 0 Å². The van der Waals surface area contributed by atoms with Crippen molar-refractivity contribution in [3.05, 3.63) is 40.5 Å². The van der Waals surface area contributed by atoms with Gasteiger partial charge in [-0.1, -0.05) is 51.1 Å². The second-order valence-corrected chi connectivity index (χ2v) is 11.3. The van der Waals surface area contributed by atoms with Crippen LogP contribution in [0.4, 0.5) is 5.82 Å². The molecule has 0 N–H and O–H groups in total. The molecule has 0 radical (unpaired) electrons. The summed E-state index contributed by atoms with van der Waals surface area (Å²) in [6.45, 7) is 10.5. The van der Waals surface area contributed by atoms with E-state index in [9.17, 15) is 0 Å². The topological polar surface area (TPSA) is 29.0 Å². The number of benzene rings is 1. The average Bonchev–Trinajstić information content (AvgIpc) is 3.06. The minimum absolute atomic E-state index is 0.341. The molecule has 2 unspecified atom stereocenters. The molecule has 2 aromatic heterocycles. The van der Waals surface area contributed by atoms with Crippen molar-refractivity contribution in [1.29, 1.82) is 0 Å². The number of halogens is 1. The predicted molar refractivity (Wildman–Crippen MR) is 119 cm³/mol. The highest BCUT2D eigenvalue weighted by Gasteiger charge is 2.50. The third-order valence-electron chi connectivity index (χ3n) is 6.43. The van der Waals surface area contributed by atoms with Crippen LogP contribution in [-0.4, -0.2) is 22.6 Å². The number of aromatic nitrogens is 2. The van der Waals surface area contributed by atoms with Crippen molar-refractivity contribution in [2.24, 2.45) is 10.8 Å². The van der Waals surface area contributed by atoms with Crippen LogP contribution in [0.1, 0.15) is 44.9 Å². The Bertz CT molecular complexity index is 1060. The zero-order chi connectivity index (χ0) is 19.7. The molecule has 3 heterocycles. The molecular weight excluding hydrogens is 386 g/mol. The highest BCUT2D eigenvalue weighted by atomic mass is 35.5. The van der Waals surface area contributed by atoms with Gasteiger partial charge in [0.2, 0.25) is 5.28 Å². The molecule has 3 nitrogen and oxygen atoms in total. The number of aryl methyl sites for hydroxylation is 1. The van der Waals surface area contributed by atoms with Gasteiger partial charge in [0, 0.05) is 23.0 Å². The molecule has 146 valence electrons. The van der Waals surface area contributed by atoms with Crippen molar-refractivity contribution in [3.8, 4) is 11.1 Å². The quantitative estimate of drug-likeness (QED) is 0.438. The van der Waals surface area contributed by atoms with Crippen LogP contribution in [0.15, 0.2) is 30.3 Å². The van der Waals surface area contributed by atoms with Crippen molar-refractivity contribution in [2.45, 2.75) is 53.0 Å². The molecule has 1 aromatic carbocycles. The summed E-state index contributed by atoms with van der Waals surface area (Å²) >= 11 is 8.12. The van der Waals surface area contributed by atoms with E-state index in [4.69, 9.17) is 16.6 Å². The highest BCUT2D eigenvalue weighted by molar-refractivity contribution is 7.19. The molecule has 0 amide bonds. The molecule has 2 aliphatic rings. The number of thiophene rings is 1. The van der Waals surface area contributed by atoms with Crippen LogP contribution in [0, 0.1) is 17.8 Å². The third kappa shape index (κ3) is 2.93. The lowest BCUT2D eigenvalue weighted by atomic mass is 9.65. The van der Waals surface area contributed by atoms with Gasteiger partial charge in [0.05, 0.1) is 5.39 Å². The molecule has 1 saturated carbocycles. The van der Waals surface area contributed by atoms with E-state index in [1.54, 1.807) is 11.3 Å². The molecule has 2 fully saturated rings. The van der Waals surface area contributed by atoms with E-state index in [2.05, 4.69) is 67.9 Å². The molecule has 2 bridgehead atoms. The van der Waals surface area contributed by atoms with Crippen molar-refractivity contribution < 1.29 is 0 Å². The van der Waals surface area contributed by atoms with Crippen molar-refractivity contribution in [2.75, 3.05) is 11.4 Å². The average molecular weight is 412 g/mol. The number of rotatable bonds is 2. The number of fused-ring (bicyclic) bond motifs is 3. The fourth-order valence-electron chi connectivity index (χ4n) is 5.94. The summed E-state index contributed by atoms with van der Waals surface area (Å²) in [6.07, 6.45) is 3.71. The normalized spacial score (nSPS) is 26.2. The fraction of sp³-hybridized carbons (Fsp3) is 0.478. The first kappa shape index (κ1) is 18.4. The summed E-state index contributed by atoms with van der Waals surface area (Å²) in [7, 11) is 0. The Morgan fingerprint density at radius 1 is 1.11 bits per heavy atom. The van der Waals surface area contributed by atoms with Gasteiger partial charge in [0.15, 0.2) is 0 Å². The zero-order valence-corrected chi connectivity index (χ0v) is 18.5. The Morgan fingerprint density at radius 3 is 2.61 bits per heavy atom. The first-order chi connectivity index (χ1) is 13.2. The maximum atomic E-state index is 6.40. The standard InChI is InChI=1S/C23H26ClN3S/c1-14-17(15-8-6-5-7-9-15)18-19(25-21(24)26-20(18)28-14)27-13-23(4)11-16(27)10-22(2,3)12-23/h5-9,16H,10-13H2,1-4H3. The van der Waals surface area contributed by atoms with E-state index < -0.39 is 0 Å². The van der Waals surface area contributed by atoms with Gasteiger partial charge in [-0.15, -0.1) is 11.3 Å². The molecule has 1 saturated heterocycles. The zero-order valence-electron chi connectivity index (χ0n) is 16.9. The molecule has 5 rings (SSSR count). The van der Waals surface area contributed by atoms with Crippen LogP contribution in [0.3, 0.4) is 0 Å². The molecule has 3 aromatic rings. The largest absolute Gasteiger partial charge is 0.352 e. The minimum Gasteiger partial charge on any atom is -0.352 e. The first-order valence-electron chi connectivity index (χ1n) is 10.0. The fourth-order valence-corrected chi connectivity index (χ4v) is 7.19. The lowest BCUT2D eigenvalue weighted by Gasteiger charge is -2.39. The molecule has 0 spiro atoms. The second kappa shape index (κ2) is 6.17. The number of hydrogen-bond donors (Lipinski definition) is 0. The van der Waals surface area contributed by atoms with Gasteiger partial charge in [0.25, 0.3) is 0 Å². The molecule has 1 aliphatic heterocycles. The SMILES string of the molecule is Cc1sc2nc(Cl)nc(N3CC4(C)CC3CC(C)(C)C4)c2c1-c1ccccc1. The van der Waals surface area contributed by atoms with Gasteiger partial charge >= 0.3 is 0 Å². The summed E-state index contributed by atoms with van der Waals surface area (Å²) in [5.74, 6) is 1.03. The van der Waals surface area contributed by atoms with E-state index in [0.717, 1.165) is 17.2 Å². The Kier molecular flexibility index (Phi) is 4.05. The summed E-state index contributed by atoms with van der Waals surface area (Å²) in [5.41, 5.74) is 3.20. The van der Waals surface area contributed by atoms with Gasteiger partial charge in [0.1, 0.15) is 10.6 Å². The summed E-state index contributed by atoms with van der Waals surface area (Å²) < 4.78 is 0. The van der Waals surface area contributed by atoms with Gasteiger partial charge in [-0.05, 0) is 54.2 Å². The summed E-state index contributed by atoms with van der Waals surface area (Å²) in [4.78, 5) is 14.2. The molecule has 28 heavy (non-hydrogen) atoms. The van der Waals surface area contributed by atoms with E-state index in [1.165, 1.54) is 40.7 Å². The van der Waals surface area contributed by atoms with E-state index >= 15 is 0 Å². The Balaban J connectivity index is 1.72. The first-order valence-corrected chi connectivity index (χ1v) is 11.2. The van der Waals surface area contributed by atoms with Crippen molar-refractivity contribution in [3.63, 3.8) is 0 Å². The van der Waals surface area contributed by atoms with Gasteiger partial charge in [-0.2, -0.15) is 4.98 Å². The van der Waals surface area contributed by atoms with Crippen LogP contribution in [0.5, 0.6) is 0 Å². The minimum atomic E-state index is 0.341. The molecule has 1 aliphatic carbocycles. The number of hydrogen-bond acceptors (Lipinski definition) is 4. The van der Waals surface area contributed by atoms with Crippen LogP contribution in [-0.2, 0) is 0 Å². The molecule has 5 heteroatoms. The van der Waals surface area contributed by atoms with Crippen LogP contribution >= 0.6 is 22.9 Å². The maximum Gasteiger partial charge on any atom is 0.225 e. The molecular formula is C23H26ClN3S. The van der Waals surface area contributed by atoms with Gasteiger partial charge < -0.3 is 4.90 Å². The summed E-state index contributed by atoms with van der Waals surface area (Å²) in [6, 6.07) is 11.1. The van der Waals surface area contributed by atoms with E-state index in [1.807, 2.05) is 0 Å². The maximum absolute atomic E-state index is 6.40. The predicted octanol–water partition coefficient (Wildman–Crippen LogP) is 6.73. The Morgan fingerprint density at radius 2 is 1.86 bits per heavy atom. The van der Waals surface area contributed by atoms with Crippen LogP contribution < -0.4 is 4.90 Å². The molecule has 2 atom stereocenters. The van der Waals surface area contributed by atoms with Gasteiger partial charge in [-0.3, -0.25) is 0 Å². The van der Waals surface area contributed by atoms with E-state index in [0.29, 0.717) is 22.2 Å². The lowest BCUT2D eigenvalue weighted by Crippen LogP contribution is -2.35. The smallest absolute Gasteiger partial charge is 0.225 e. The summed E-state index contributed by atoms with van der Waals surface area (Å²) in [5, 5.41) is 1.53. The Hall–Kier alpha value is -1.65. The van der Waals surface area contributed by atoms with Crippen molar-refractivity contribution in [1.82, 2.24) is 9.97 Å². The lowest BCUT2D eigenvalue weighted by molar-refractivity contribution is 0.136. The van der Waals surface area contributed by atoms with Crippen LogP contribution in [0.25, 0.3) is 21.3 Å². The third-order valence-corrected chi connectivity index (χ3v) is 7.60. The Labute approximate surface area is 175 Å². The van der Waals surface area contributed by atoms with Crippen molar-refractivity contribution >= 4 is 39.0 Å². The number of anilines is 1. The second-order valence-electron chi connectivity index (χ2n) is 9.74. The number of nitrogens with zero attached hydrogens (tertiary/aromatic N) is 3. The van der Waals surface area contributed by atoms with Crippen LogP contribution in [0.2, 0.25) is 5.28 Å². The van der Waals surface area contributed by atoms with Gasteiger partial charge in [-0.25, -0.2) is 4.98 Å².